The highest BCUT2D eigenvalue weighted by atomic mass is 14.3. The maximum atomic E-state index is 3.77. The minimum absolute atomic E-state index is 0.954. The summed E-state index contributed by atoms with van der Waals surface area (Å²) in [6.07, 6.45) is 7.53. The lowest BCUT2D eigenvalue weighted by Crippen LogP contribution is -2.08. The molecule has 0 radical (unpaired) electrons. The lowest BCUT2D eigenvalue weighted by atomic mass is 9.89. The van der Waals surface area contributed by atoms with Crippen LogP contribution in [0.15, 0.2) is 12.7 Å². The Morgan fingerprint density at radius 3 is 2.55 bits per heavy atom. The molecule has 0 heteroatoms. The fourth-order valence-corrected chi connectivity index (χ4v) is 2.21. The molecule has 3 atom stereocenters. The van der Waals surface area contributed by atoms with Gasteiger partial charge in [0, 0.05) is 0 Å². The van der Waals surface area contributed by atoms with Crippen molar-refractivity contribution in [3.8, 4) is 0 Å². The van der Waals surface area contributed by atoms with Crippen LogP contribution in [0.25, 0.3) is 0 Å². The van der Waals surface area contributed by atoms with Gasteiger partial charge in [-0.15, -0.1) is 6.58 Å². The average molecular weight is 152 g/mol. The molecule has 1 rings (SSSR count). The maximum absolute atomic E-state index is 3.77. The van der Waals surface area contributed by atoms with Gasteiger partial charge in [0.2, 0.25) is 0 Å². The van der Waals surface area contributed by atoms with Crippen molar-refractivity contribution in [2.45, 2.75) is 39.5 Å². The third kappa shape index (κ3) is 2.08. The Balaban J connectivity index is 2.29. The number of allylic oxidation sites excluding steroid dienone is 1. The summed E-state index contributed by atoms with van der Waals surface area (Å²) in [6.45, 7) is 8.56. The molecule has 0 aromatic carbocycles. The van der Waals surface area contributed by atoms with E-state index < -0.39 is 0 Å². The second-order valence-corrected chi connectivity index (χ2v) is 4.04. The van der Waals surface area contributed by atoms with Crippen molar-refractivity contribution in [1.29, 1.82) is 0 Å². The number of rotatable bonds is 3. The molecule has 0 aromatic rings. The van der Waals surface area contributed by atoms with E-state index in [4.69, 9.17) is 0 Å². The van der Waals surface area contributed by atoms with Crippen LogP contribution in [0.1, 0.15) is 39.5 Å². The molecule has 1 saturated carbocycles. The maximum Gasteiger partial charge on any atom is -0.0351 e. The van der Waals surface area contributed by atoms with Crippen LogP contribution in [0.3, 0.4) is 0 Å². The summed E-state index contributed by atoms with van der Waals surface area (Å²) >= 11 is 0. The van der Waals surface area contributed by atoms with Crippen molar-refractivity contribution in [3.05, 3.63) is 12.7 Å². The molecule has 0 amide bonds. The second kappa shape index (κ2) is 3.94. The molecule has 0 bridgehead atoms. The van der Waals surface area contributed by atoms with Crippen LogP contribution < -0.4 is 0 Å². The van der Waals surface area contributed by atoms with E-state index >= 15 is 0 Å². The molecule has 3 unspecified atom stereocenters. The first-order valence-corrected chi connectivity index (χ1v) is 4.86. The van der Waals surface area contributed by atoms with Crippen LogP contribution in [-0.4, -0.2) is 0 Å². The van der Waals surface area contributed by atoms with Gasteiger partial charge in [-0.1, -0.05) is 26.3 Å². The highest BCUT2D eigenvalue weighted by Gasteiger charge is 2.28. The molecule has 0 heterocycles. The Morgan fingerprint density at radius 1 is 1.36 bits per heavy atom. The van der Waals surface area contributed by atoms with Gasteiger partial charge in [0.1, 0.15) is 0 Å². The second-order valence-electron chi connectivity index (χ2n) is 4.04. The van der Waals surface area contributed by atoms with Crippen LogP contribution in [0.5, 0.6) is 0 Å². The van der Waals surface area contributed by atoms with Crippen molar-refractivity contribution in [2.24, 2.45) is 17.8 Å². The summed E-state index contributed by atoms with van der Waals surface area (Å²) < 4.78 is 0. The highest BCUT2D eigenvalue weighted by molar-refractivity contribution is 4.81. The minimum Gasteiger partial charge on any atom is -0.103 e. The molecule has 0 nitrogen and oxygen atoms in total. The normalized spacial score (nSPS) is 37.5. The number of hydrogen-bond acceptors (Lipinski definition) is 0. The van der Waals surface area contributed by atoms with Gasteiger partial charge in [-0.3, -0.25) is 0 Å². The van der Waals surface area contributed by atoms with Gasteiger partial charge in [-0.25, -0.2) is 0 Å². The molecule has 0 saturated heterocycles. The van der Waals surface area contributed by atoms with Crippen molar-refractivity contribution in [1.82, 2.24) is 0 Å². The lowest BCUT2D eigenvalue weighted by molar-refractivity contribution is 0.342. The van der Waals surface area contributed by atoms with Crippen molar-refractivity contribution in [2.75, 3.05) is 0 Å². The predicted molar refractivity (Wildman–Crippen MR) is 50.5 cm³/mol. The largest absolute Gasteiger partial charge is 0.103 e. The zero-order valence-electron chi connectivity index (χ0n) is 7.84. The topological polar surface area (TPSA) is 0 Å². The lowest BCUT2D eigenvalue weighted by Gasteiger charge is -2.16. The SMILES string of the molecule is C=CCCC1CCC(C)C1C. The summed E-state index contributed by atoms with van der Waals surface area (Å²) in [6, 6.07) is 0. The molecule has 64 valence electrons. The van der Waals surface area contributed by atoms with Crippen molar-refractivity contribution in [3.63, 3.8) is 0 Å². The average Bonchev–Trinajstić information content (AvgIpc) is 2.31. The molecule has 1 aliphatic carbocycles. The molecule has 1 fully saturated rings. The van der Waals surface area contributed by atoms with Crippen molar-refractivity contribution < 1.29 is 0 Å². The van der Waals surface area contributed by atoms with E-state index in [2.05, 4.69) is 26.5 Å². The molecule has 11 heavy (non-hydrogen) atoms. The third-order valence-electron chi connectivity index (χ3n) is 3.38. The Kier molecular flexibility index (Phi) is 3.16. The van der Waals surface area contributed by atoms with Crippen LogP contribution in [0.2, 0.25) is 0 Å². The van der Waals surface area contributed by atoms with E-state index in [1.807, 2.05) is 0 Å². The first kappa shape index (κ1) is 8.83. The quantitative estimate of drug-likeness (QED) is 0.542. The smallest absolute Gasteiger partial charge is 0.0351 e. The van der Waals surface area contributed by atoms with E-state index in [9.17, 15) is 0 Å². The highest BCUT2D eigenvalue weighted by Crippen LogP contribution is 2.38. The van der Waals surface area contributed by atoms with Gasteiger partial charge < -0.3 is 0 Å². The predicted octanol–water partition coefficient (Wildman–Crippen LogP) is 3.63. The van der Waals surface area contributed by atoms with Gasteiger partial charge >= 0.3 is 0 Å². The summed E-state index contributed by atoms with van der Waals surface area (Å²) in [5, 5.41) is 0. The van der Waals surface area contributed by atoms with Crippen LogP contribution >= 0.6 is 0 Å². The first-order valence-electron chi connectivity index (χ1n) is 4.86. The molecule has 0 aromatic heterocycles. The van der Waals surface area contributed by atoms with Gasteiger partial charge in [0.05, 0.1) is 0 Å². The van der Waals surface area contributed by atoms with Gasteiger partial charge in [-0.2, -0.15) is 0 Å². The van der Waals surface area contributed by atoms with Gasteiger partial charge in [-0.05, 0) is 37.0 Å². The molecular weight excluding hydrogens is 132 g/mol. The standard InChI is InChI=1S/C11H20/c1-4-5-6-11-8-7-9(2)10(11)3/h4,9-11H,1,5-8H2,2-3H3. The van der Waals surface area contributed by atoms with Crippen molar-refractivity contribution >= 4 is 0 Å². The fourth-order valence-electron chi connectivity index (χ4n) is 2.21. The monoisotopic (exact) mass is 152 g/mol. The molecule has 0 N–H and O–H groups in total. The Morgan fingerprint density at radius 2 is 2.09 bits per heavy atom. The summed E-state index contributed by atoms with van der Waals surface area (Å²) in [7, 11) is 0. The van der Waals surface area contributed by atoms with E-state index in [1.54, 1.807) is 0 Å². The summed E-state index contributed by atoms with van der Waals surface area (Å²) in [4.78, 5) is 0. The van der Waals surface area contributed by atoms with E-state index in [0.29, 0.717) is 0 Å². The van der Waals surface area contributed by atoms with Crippen LogP contribution in [-0.2, 0) is 0 Å². The van der Waals surface area contributed by atoms with Crippen LogP contribution in [0.4, 0.5) is 0 Å². The van der Waals surface area contributed by atoms with Crippen LogP contribution in [0, 0.1) is 17.8 Å². The summed E-state index contributed by atoms with van der Waals surface area (Å²) in [5.74, 6) is 2.91. The Labute approximate surface area is 70.7 Å². The zero-order chi connectivity index (χ0) is 8.27. The van der Waals surface area contributed by atoms with E-state index in [1.165, 1.54) is 25.7 Å². The van der Waals surface area contributed by atoms with Gasteiger partial charge in [0.15, 0.2) is 0 Å². The minimum atomic E-state index is 0.954. The molecular formula is C11H20. The van der Waals surface area contributed by atoms with E-state index in [-0.39, 0.29) is 0 Å². The van der Waals surface area contributed by atoms with Gasteiger partial charge in [0.25, 0.3) is 0 Å². The zero-order valence-corrected chi connectivity index (χ0v) is 7.84. The number of hydrogen-bond donors (Lipinski definition) is 0. The molecule has 0 aliphatic heterocycles. The Hall–Kier alpha value is -0.260. The first-order chi connectivity index (χ1) is 5.25. The van der Waals surface area contributed by atoms with E-state index in [0.717, 1.165) is 17.8 Å². The Bertz CT molecular complexity index is 126. The molecule has 0 spiro atoms. The summed E-state index contributed by atoms with van der Waals surface area (Å²) in [5.41, 5.74) is 0. The molecule has 1 aliphatic rings. The fraction of sp³-hybridized carbons (Fsp3) is 0.818. The third-order valence-corrected chi connectivity index (χ3v) is 3.38.